The molecule has 1 atom stereocenters. The van der Waals surface area contributed by atoms with Crippen LogP contribution in [0.25, 0.3) is 11.0 Å². The van der Waals surface area contributed by atoms with Gasteiger partial charge in [0.25, 0.3) is 5.91 Å². The number of aryl methyl sites for hydroxylation is 2. The van der Waals surface area contributed by atoms with E-state index < -0.39 is 0 Å². The molecule has 26 heavy (non-hydrogen) atoms. The SMILES string of the molecule is CCCN1C(=O)c2oc3ccc(C)cc3c(=O)c2[C@@H]1c1ccc(C)cc1. The first-order chi connectivity index (χ1) is 12.5. The van der Waals surface area contributed by atoms with Gasteiger partial charge in [-0.15, -0.1) is 0 Å². The second-order valence-corrected chi connectivity index (χ2v) is 6.99. The summed E-state index contributed by atoms with van der Waals surface area (Å²) >= 11 is 0. The second kappa shape index (κ2) is 6.13. The highest BCUT2D eigenvalue weighted by Gasteiger charge is 2.42. The molecule has 1 amide bonds. The molecule has 0 bridgehead atoms. The summed E-state index contributed by atoms with van der Waals surface area (Å²) in [6.07, 6.45) is 0.814. The minimum absolute atomic E-state index is 0.109. The quantitative estimate of drug-likeness (QED) is 0.707. The third-order valence-electron chi connectivity index (χ3n) is 4.98. The molecule has 4 heteroatoms. The first-order valence-electron chi connectivity index (χ1n) is 8.96. The Morgan fingerprint density at radius 1 is 1.00 bits per heavy atom. The van der Waals surface area contributed by atoms with E-state index in [-0.39, 0.29) is 23.1 Å². The molecule has 132 valence electrons. The van der Waals surface area contributed by atoms with Crippen molar-refractivity contribution in [1.29, 1.82) is 0 Å². The Morgan fingerprint density at radius 3 is 2.38 bits per heavy atom. The molecule has 2 aromatic carbocycles. The maximum Gasteiger partial charge on any atom is 0.290 e. The van der Waals surface area contributed by atoms with Crippen LogP contribution in [0.5, 0.6) is 0 Å². The first-order valence-corrected chi connectivity index (χ1v) is 8.96. The number of rotatable bonds is 3. The Labute approximate surface area is 152 Å². The van der Waals surface area contributed by atoms with Crippen molar-refractivity contribution in [3.63, 3.8) is 0 Å². The molecule has 0 saturated heterocycles. The van der Waals surface area contributed by atoms with Gasteiger partial charge < -0.3 is 9.32 Å². The van der Waals surface area contributed by atoms with E-state index in [0.717, 1.165) is 23.1 Å². The highest BCUT2D eigenvalue weighted by Crippen LogP contribution is 2.38. The number of carbonyl (C=O) groups excluding carboxylic acids is 1. The van der Waals surface area contributed by atoms with Crippen LogP contribution in [-0.2, 0) is 0 Å². The van der Waals surface area contributed by atoms with Crippen molar-refractivity contribution in [3.05, 3.63) is 80.7 Å². The highest BCUT2D eigenvalue weighted by molar-refractivity contribution is 5.99. The summed E-state index contributed by atoms with van der Waals surface area (Å²) < 4.78 is 5.91. The van der Waals surface area contributed by atoms with E-state index in [1.807, 2.05) is 57.2 Å². The average molecular weight is 347 g/mol. The minimum Gasteiger partial charge on any atom is -0.450 e. The van der Waals surface area contributed by atoms with E-state index in [9.17, 15) is 9.59 Å². The molecule has 0 aliphatic carbocycles. The topological polar surface area (TPSA) is 50.5 Å². The first kappa shape index (κ1) is 16.6. The molecular weight excluding hydrogens is 326 g/mol. The molecule has 0 saturated carbocycles. The van der Waals surface area contributed by atoms with Gasteiger partial charge in [0.2, 0.25) is 5.76 Å². The molecule has 4 nitrogen and oxygen atoms in total. The van der Waals surface area contributed by atoms with E-state index in [1.165, 1.54) is 0 Å². The number of hydrogen-bond acceptors (Lipinski definition) is 3. The third-order valence-corrected chi connectivity index (χ3v) is 4.98. The third kappa shape index (κ3) is 2.45. The summed E-state index contributed by atoms with van der Waals surface area (Å²) in [6, 6.07) is 13.1. The van der Waals surface area contributed by atoms with Gasteiger partial charge in [-0.2, -0.15) is 0 Å². The Balaban J connectivity index is 2.01. The van der Waals surface area contributed by atoms with Gasteiger partial charge in [0.15, 0.2) is 5.43 Å². The Morgan fingerprint density at radius 2 is 1.69 bits per heavy atom. The van der Waals surface area contributed by atoms with Crippen LogP contribution in [0.3, 0.4) is 0 Å². The minimum atomic E-state index is -0.390. The van der Waals surface area contributed by atoms with Crippen molar-refractivity contribution >= 4 is 16.9 Å². The van der Waals surface area contributed by atoms with Gasteiger partial charge in [0.05, 0.1) is 17.0 Å². The zero-order valence-electron chi connectivity index (χ0n) is 15.2. The fourth-order valence-corrected chi connectivity index (χ4v) is 3.70. The van der Waals surface area contributed by atoms with E-state index in [1.54, 1.807) is 11.0 Å². The number of hydrogen-bond donors (Lipinski definition) is 0. The molecule has 4 rings (SSSR count). The van der Waals surface area contributed by atoms with Crippen LogP contribution < -0.4 is 5.43 Å². The van der Waals surface area contributed by atoms with Crippen molar-refractivity contribution < 1.29 is 9.21 Å². The summed E-state index contributed by atoms with van der Waals surface area (Å²) in [5.41, 5.74) is 3.89. The lowest BCUT2D eigenvalue weighted by atomic mass is 9.97. The van der Waals surface area contributed by atoms with Gasteiger partial charge >= 0.3 is 0 Å². The van der Waals surface area contributed by atoms with E-state index in [2.05, 4.69) is 0 Å². The lowest BCUT2D eigenvalue weighted by Crippen LogP contribution is -2.30. The van der Waals surface area contributed by atoms with Crippen LogP contribution in [0, 0.1) is 13.8 Å². The molecule has 1 aliphatic heterocycles. The van der Waals surface area contributed by atoms with Gasteiger partial charge in [-0.25, -0.2) is 0 Å². The number of benzene rings is 2. The number of amides is 1. The standard InChI is InChI=1S/C22H21NO3/c1-4-11-23-19(15-8-5-13(2)6-9-15)18-20(24)16-12-14(3)7-10-17(16)26-21(18)22(23)25/h5-10,12,19H,4,11H2,1-3H3/t19-/m0/s1. The number of fused-ring (bicyclic) bond motifs is 2. The van der Waals surface area contributed by atoms with Gasteiger partial charge in [-0.3, -0.25) is 9.59 Å². The monoisotopic (exact) mass is 347 g/mol. The molecule has 0 N–H and O–H groups in total. The highest BCUT2D eigenvalue weighted by atomic mass is 16.3. The smallest absolute Gasteiger partial charge is 0.290 e. The summed E-state index contributed by atoms with van der Waals surface area (Å²) in [7, 11) is 0. The zero-order valence-corrected chi connectivity index (χ0v) is 15.2. The van der Waals surface area contributed by atoms with Gasteiger partial charge in [-0.1, -0.05) is 48.4 Å². The van der Waals surface area contributed by atoms with Crippen LogP contribution in [0.15, 0.2) is 51.7 Å². The van der Waals surface area contributed by atoms with Gasteiger partial charge in [-0.05, 0) is 38.0 Å². The van der Waals surface area contributed by atoms with Crippen molar-refractivity contribution in [3.8, 4) is 0 Å². The van der Waals surface area contributed by atoms with Crippen molar-refractivity contribution in [2.45, 2.75) is 33.2 Å². The largest absolute Gasteiger partial charge is 0.450 e. The van der Waals surface area contributed by atoms with Crippen LogP contribution in [-0.4, -0.2) is 17.4 Å². The van der Waals surface area contributed by atoms with Gasteiger partial charge in [0, 0.05) is 6.54 Å². The van der Waals surface area contributed by atoms with E-state index in [0.29, 0.717) is 23.1 Å². The Kier molecular flexibility index (Phi) is 3.91. The predicted octanol–water partition coefficient (Wildman–Crippen LogP) is 4.37. The molecule has 1 aromatic heterocycles. The lowest BCUT2D eigenvalue weighted by Gasteiger charge is -2.24. The molecule has 1 aliphatic rings. The number of carbonyl (C=O) groups is 1. The normalized spacial score (nSPS) is 16.3. The maximum atomic E-state index is 13.3. The molecule has 3 aromatic rings. The summed E-state index contributed by atoms with van der Waals surface area (Å²) in [4.78, 5) is 28.0. The average Bonchev–Trinajstić information content (AvgIpc) is 2.90. The molecule has 0 unspecified atom stereocenters. The summed E-state index contributed by atoms with van der Waals surface area (Å²) in [6.45, 7) is 6.57. The Bertz CT molecular complexity index is 1060. The second-order valence-electron chi connectivity index (χ2n) is 6.99. The summed E-state index contributed by atoms with van der Waals surface area (Å²) in [5, 5.41) is 0.534. The predicted molar refractivity (Wildman–Crippen MR) is 102 cm³/mol. The van der Waals surface area contributed by atoms with Crippen LogP contribution in [0.1, 0.15) is 52.2 Å². The lowest BCUT2D eigenvalue weighted by molar-refractivity contribution is 0.0728. The van der Waals surface area contributed by atoms with Crippen LogP contribution in [0.2, 0.25) is 0 Å². The van der Waals surface area contributed by atoms with Crippen molar-refractivity contribution in [2.24, 2.45) is 0 Å². The summed E-state index contributed by atoms with van der Waals surface area (Å²) in [5.74, 6) is -0.0163. The molecule has 0 fully saturated rings. The molecular formula is C22H21NO3. The van der Waals surface area contributed by atoms with E-state index >= 15 is 0 Å². The van der Waals surface area contributed by atoms with Crippen molar-refractivity contribution in [1.82, 2.24) is 4.90 Å². The zero-order chi connectivity index (χ0) is 18.4. The maximum absolute atomic E-state index is 13.3. The molecule has 0 radical (unpaired) electrons. The van der Waals surface area contributed by atoms with Crippen molar-refractivity contribution in [2.75, 3.05) is 6.54 Å². The van der Waals surface area contributed by atoms with Crippen LogP contribution in [0.4, 0.5) is 0 Å². The van der Waals surface area contributed by atoms with Gasteiger partial charge in [0.1, 0.15) is 5.58 Å². The van der Waals surface area contributed by atoms with E-state index in [4.69, 9.17) is 4.42 Å². The van der Waals surface area contributed by atoms with Crippen LogP contribution >= 0.6 is 0 Å². The Hall–Kier alpha value is -2.88. The molecule has 2 heterocycles. The number of nitrogens with zero attached hydrogens (tertiary/aromatic N) is 1. The fourth-order valence-electron chi connectivity index (χ4n) is 3.70. The fraction of sp³-hybridized carbons (Fsp3) is 0.273. The molecule has 0 spiro atoms.